The van der Waals surface area contributed by atoms with Crippen LogP contribution in [0.5, 0.6) is 0 Å². The zero-order valence-electron chi connectivity index (χ0n) is 16.8. The van der Waals surface area contributed by atoms with E-state index in [4.69, 9.17) is 4.74 Å². The molecule has 5 rings (SSSR count). The molecule has 1 amide bonds. The van der Waals surface area contributed by atoms with Crippen LogP contribution in [0.3, 0.4) is 0 Å². The highest BCUT2D eigenvalue weighted by Gasteiger charge is 2.49. The van der Waals surface area contributed by atoms with Crippen molar-refractivity contribution in [3.63, 3.8) is 0 Å². The van der Waals surface area contributed by atoms with Gasteiger partial charge in [0.25, 0.3) is 0 Å². The molecule has 3 aliphatic heterocycles. The summed E-state index contributed by atoms with van der Waals surface area (Å²) in [5, 5.41) is 0. The minimum atomic E-state index is 0.124. The van der Waals surface area contributed by atoms with Crippen molar-refractivity contribution in [1.29, 1.82) is 0 Å². The first-order chi connectivity index (χ1) is 14.3. The average molecular weight is 392 g/mol. The first-order valence-corrected chi connectivity index (χ1v) is 10.8. The van der Waals surface area contributed by atoms with Gasteiger partial charge in [0.15, 0.2) is 0 Å². The summed E-state index contributed by atoms with van der Waals surface area (Å²) in [7, 11) is 0. The van der Waals surface area contributed by atoms with E-state index < -0.39 is 0 Å². The van der Waals surface area contributed by atoms with E-state index in [-0.39, 0.29) is 12.0 Å². The predicted molar refractivity (Wildman–Crippen MR) is 111 cm³/mol. The fourth-order valence-corrected chi connectivity index (χ4v) is 5.47. The Morgan fingerprint density at radius 2 is 1.79 bits per heavy atom. The van der Waals surface area contributed by atoms with Crippen LogP contribution >= 0.6 is 0 Å². The highest BCUT2D eigenvalue weighted by Crippen LogP contribution is 2.46. The van der Waals surface area contributed by atoms with E-state index in [1.807, 2.05) is 12.3 Å². The summed E-state index contributed by atoms with van der Waals surface area (Å²) in [5.41, 5.74) is 2.40. The van der Waals surface area contributed by atoms with Crippen LogP contribution in [0.25, 0.3) is 0 Å². The van der Waals surface area contributed by atoms with Gasteiger partial charge in [-0.1, -0.05) is 36.4 Å². The number of hydrogen-bond donors (Lipinski definition) is 0. The maximum absolute atomic E-state index is 13.4. The molecule has 0 unspecified atom stereocenters. The molecule has 152 valence electrons. The number of nitrogens with zero attached hydrogens (tertiary/aromatic N) is 3. The van der Waals surface area contributed by atoms with Gasteiger partial charge in [-0.3, -0.25) is 14.7 Å². The molecule has 0 N–H and O–H groups in total. The van der Waals surface area contributed by atoms with E-state index in [1.54, 1.807) is 0 Å². The minimum absolute atomic E-state index is 0.124. The number of carbonyl (C=O) groups excluding carboxylic acids is 1. The van der Waals surface area contributed by atoms with E-state index in [9.17, 15) is 4.79 Å². The van der Waals surface area contributed by atoms with Gasteiger partial charge in [0.1, 0.15) is 0 Å². The standard InChI is InChI=1S/C24H29N3O2/c28-24(19-9-12-29-13-10-19)27-15-20-14-26(16-21-8-4-5-11-25-21)17-22(20)23(27)18-6-2-1-3-7-18/h1-8,11,19-20,22-23H,9-10,12-17H2/t20-,22-,23+/m0/s1. The molecule has 1 aromatic carbocycles. The van der Waals surface area contributed by atoms with E-state index in [2.05, 4.69) is 57.2 Å². The van der Waals surface area contributed by atoms with Crippen LogP contribution in [0.15, 0.2) is 54.7 Å². The summed E-state index contributed by atoms with van der Waals surface area (Å²) < 4.78 is 5.49. The number of likely N-dealkylation sites (tertiary alicyclic amines) is 2. The Bertz CT molecular complexity index is 823. The van der Waals surface area contributed by atoms with Crippen molar-refractivity contribution in [1.82, 2.24) is 14.8 Å². The SMILES string of the molecule is O=C(C1CCOCC1)N1C[C@@H]2CN(Cc3ccccn3)C[C@@H]2[C@H]1c1ccccc1. The first kappa shape index (κ1) is 18.8. The summed E-state index contributed by atoms with van der Waals surface area (Å²) in [6.07, 6.45) is 3.59. The largest absolute Gasteiger partial charge is 0.381 e. The van der Waals surface area contributed by atoms with E-state index in [0.29, 0.717) is 31.0 Å². The highest BCUT2D eigenvalue weighted by molar-refractivity contribution is 5.80. The van der Waals surface area contributed by atoms with Crippen molar-refractivity contribution in [2.45, 2.75) is 25.4 Å². The van der Waals surface area contributed by atoms with Gasteiger partial charge in [0, 0.05) is 57.4 Å². The number of rotatable bonds is 4. The van der Waals surface area contributed by atoms with Crippen LogP contribution in [-0.2, 0) is 16.1 Å². The summed E-state index contributed by atoms with van der Waals surface area (Å²) in [6, 6.07) is 16.9. The molecular weight excluding hydrogens is 362 g/mol. The van der Waals surface area contributed by atoms with E-state index in [1.165, 1.54) is 5.56 Å². The van der Waals surface area contributed by atoms with Gasteiger partial charge < -0.3 is 9.64 Å². The lowest BCUT2D eigenvalue weighted by atomic mass is 9.89. The second kappa shape index (κ2) is 8.25. The van der Waals surface area contributed by atoms with Gasteiger partial charge in [-0.2, -0.15) is 0 Å². The zero-order valence-corrected chi connectivity index (χ0v) is 16.8. The fraction of sp³-hybridized carbons (Fsp3) is 0.500. The van der Waals surface area contributed by atoms with Crippen molar-refractivity contribution >= 4 is 5.91 Å². The molecule has 5 nitrogen and oxygen atoms in total. The minimum Gasteiger partial charge on any atom is -0.381 e. The van der Waals surface area contributed by atoms with E-state index >= 15 is 0 Å². The Labute approximate surface area is 172 Å². The third-order valence-electron chi connectivity index (χ3n) is 6.85. The van der Waals surface area contributed by atoms with Crippen molar-refractivity contribution in [2.75, 3.05) is 32.8 Å². The molecule has 0 spiro atoms. The topological polar surface area (TPSA) is 45.7 Å². The van der Waals surface area contributed by atoms with Gasteiger partial charge >= 0.3 is 0 Å². The Morgan fingerprint density at radius 3 is 2.55 bits per heavy atom. The zero-order chi connectivity index (χ0) is 19.6. The van der Waals surface area contributed by atoms with Crippen LogP contribution in [0.2, 0.25) is 0 Å². The summed E-state index contributed by atoms with van der Waals surface area (Å²) in [6.45, 7) is 5.26. The number of aromatic nitrogens is 1. The molecule has 2 aromatic rings. The molecule has 0 bridgehead atoms. The molecule has 1 aromatic heterocycles. The fourth-order valence-electron chi connectivity index (χ4n) is 5.47. The highest BCUT2D eigenvalue weighted by atomic mass is 16.5. The number of fused-ring (bicyclic) bond motifs is 1. The average Bonchev–Trinajstić information content (AvgIpc) is 3.32. The molecule has 3 fully saturated rings. The molecule has 29 heavy (non-hydrogen) atoms. The normalized spacial score (nSPS) is 27.9. The Morgan fingerprint density at radius 1 is 1.00 bits per heavy atom. The first-order valence-electron chi connectivity index (χ1n) is 10.8. The Kier molecular flexibility index (Phi) is 5.34. The van der Waals surface area contributed by atoms with Crippen LogP contribution in [0.4, 0.5) is 0 Å². The number of carbonyl (C=O) groups is 1. The smallest absolute Gasteiger partial charge is 0.226 e. The summed E-state index contributed by atoms with van der Waals surface area (Å²) in [4.78, 5) is 22.7. The lowest BCUT2D eigenvalue weighted by molar-refractivity contribution is -0.140. The van der Waals surface area contributed by atoms with Crippen LogP contribution in [0, 0.1) is 17.8 Å². The molecule has 5 heteroatoms. The van der Waals surface area contributed by atoms with Gasteiger partial charge in [0.2, 0.25) is 5.91 Å². The number of hydrogen-bond acceptors (Lipinski definition) is 4. The predicted octanol–water partition coefficient (Wildman–Crippen LogP) is 3.14. The molecule has 4 heterocycles. The summed E-state index contributed by atoms with van der Waals surface area (Å²) in [5.74, 6) is 1.49. The Hall–Kier alpha value is -2.24. The maximum Gasteiger partial charge on any atom is 0.226 e. The van der Waals surface area contributed by atoms with Crippen LogP contribution < -0.4 is 0 Å². The molecular formula is C24H29N3O2. The third-order valence-corrected chi connectivity index (χ3v) is 6.85. The molecule has 0 aliphatic carbocycles. The lowest BCUT2D eigenvalue weighted by Gasteiger charge is -2.33. The molecule has 0 radical (unpaired) electrons. The monoisotopic (exact) mass is 391 g/mol. The Balaban J connectivity index is 1.36. The lowest BCUT2D eigenvalue weighted by Crippen LogP contribution is -2.40. The summed E-state index contributed by atoms with van der Waals surface area (Å²) >= 11 is 0. The van der Waals surface area contributed by atoms with Crippen molar-refractivity contribution in [3.8, 4) is 0 Å². The van der Waals surface area contributed by atoms with Gasteiger partial charge in [-0.15, -0.1) is 0 Å². The maximum atomic E-state index is 13.4. The quantitative estimate of drug-likeness (QED) is 0.803. The number of pyridine rings is 1. The molecule has 3 aliphatic rings. The van der Waals surface area contributed by atoms with Crippen molar-refractivity contribution < 1.29 is 9.53 Å². The van der Waals surface area contributed by atoms with Crippen LogP contribution in [-0.4, -0.2) is 53.5 Å². The third kappa shape index (κ3) is 3.81. The number of benzene rings is 1. The second-order valence-corrected chi connectivity index (χ2v) is 8.67. The van der Waals surface area contributed by atoms with E-state index in [0.717, 1.165) is 44.7 Å². The number of ether oxygens (including phenoxy) is 1. The molecule has 0 saturated carbocycles. The van der Waals surface area contributed by atoms with Crippen molar-refractivity contribution in [2.24, 2.45) is 17.8 Å². The van der Waals surface area contributed by atoms with Gasteiger partial charge in [-0.25, -0.2) is 0 Å². The number of amides is 1. The van der Waals surface area contributed by atoms with Crippen LogP contribution in [0.1, 0.15) is 30.1 Å². The second-order valence-electron chi connectivity index (χ2n) is 8.67. The van der Waals surface area contributed by atoms with Gasteiger partial charge in [0.05, 0.1) is 11.7 Å². The molecule has 3 atom stereocenters. The molecule has 3 saturated heterocycles. The van der Waals surface area contributed by atoms with Gasteiger partial charge in [-0.05, 0) is 36.5 Å². The van der Waals surface area contributed by atoms with Crippen molar-refractivity contribution in [3.05, 3.63) is 66.0 Å².